The quantitative estimate of drug-likeness (QED) is 0.539. The fourth-order valence-electron chi connectivity index (χ4n) is 5.66. The van der Waals surface area contributed by atoms with Crippen molar-refractivity contribution in [2.75, 3.05) is 13.1 Å². The molecule has 0 spiro atoms. The van der Waals surface area contributed by atoms with Gasteiger partial charge in [0, 0.05) is 32.0 Å². The minimum atomic E-state index is -0.759. The van der Waals surface area contributed by atoms with Crippen LogP contribution in [0.4, 0.5) is 0 Å². The molecule has 3 aromatic rings. The average molecular weight is 511 g/mol. The number of nitrogens with zero attached hydrogens (tertiary/aromatic N) is 5. The molecule has 5 rings (SSSR count). The molecular formula is C29H30N6O3. The molecule has 9 nitrogen and oxygen atoms in total. The van der Waals surface area contributed by atoms with Crippen molar-refractivity contribution < 1.29 is 9.90 Å². The number of pyridine rings is 3. The molecule has 2 N–H and O–H groups in total. The third-order valence-corrected chi connectivity index (χ3v) is 7.94. The second-order valence-corrected chi connectivity index (χ2v) is 10.3. The fraction of sp³-hybridized carbons (Fsp3) is 0.414. The lowest BCUT2D eigenvalue weighted by Crippen LogP contribution is -2.46. The SMILES string of the molecule is N#Cc1ccnc(C2(C#N)CCN(Cc3cc(C(=O)NC4CCCCC4O)c(=O)n4ccccc34)CC2)c1. The van der Waals surface area contributed by atoms with E-state index in [-0.39, 0.29) is 11.6 Å². The second kappa shape index (κ2) is 10.7. The summed E-state index contributed by atoms with van der Waals surface area (Å²) in [7, 11) is 0. The molecule has 2 unspecified atom stereocenters. The summed E-state index contributed by atoms with van der Waals surface area (Å²) in [5.41, 5.74) is 1.59. The van der Waals surface area contributed by atoms with E-state index < -0.39 is 23.0 Å². The summed E-state index contributed by atoms with van der Waals surface area (Å²) in [5.74, 6) is -0.467. The van der Waals surface area contributed by atoms with Gasteiger partial charge in [-0.1, -0.05) is 18.9 Å². The number of hydrogen-bond donors (Lipinski definition) is 2. The van der Waals surface area contributed by atoms with Gasteiger partial charge in [0.25, 0.3) is 11.5 Å². The van der Waals surface area contributed by atoms with Crippen LogP contribution in [0.3, 0.4) is 0 Å². The van der Waals surface area contributed by atoms with E-state index in [0.29, 0.717) is 56.6 Å². The molecule has 9 heteroatoms. The normalized spacial score (nSPS) is 21.3. The highest BCUT2D eigenvalue weighted by atomic mass is 16.3. The van der Waals surface area contributed by atoms with E-state index in [1.54, 1.807) is 36.7 Å². The zero-order valence-corrected chi connectivity index (χ0v) is 21.1. The number of carbonyl (C=O) groups excluding carboxylic acids is 1. The minimum absolute atomic E-state index is 0.0578. The first-order chi connectivity index (χ1) is 18.4. The van der Waals surface area contributed by atoms with Crippen molar-refractivity contribution in [3.05, 3.63) is 81.5 Å². The van der Waals surface area contributed by atoms with Crippen LogP contribution in [0.15, 0.2) is 53.6 Å². The molecule has 3 aromatic heterocycles. The van der Waals surface area contributed by atoms with Gasteiger partial charge in [-0.3, -0.25) is 23.9 Å². The fourth-order valence-corrected chi connectivity index (χ4v) is 5.66. The molecule has 1 aliphatic carbocycles. The number of aliphatic hydroxyl groups is 1. The lowest BCUT2D eigenvalue weighted by Gasteiger charge is -2.37. The Morgan fingerprint density at radius 3 is 2.68 bits per heavy atom. The zero-order valence-electron chi connectivity index (χ0n) is 21.1. The highest BCUT2D eigenvalue weighted by Gasteiger charge is 2.38. The second-order valence-electron chi connectivity index (χ2n) is 10.3. The first-order valence-corrected chi connectivity index (χ1v) is 13.1. The highest BCUT2D eigenvalue weighted by molar-refractivity contribution is 5.94. The van der Waals surface area contributed by atoms with E-state index in [9.17, 15) is 25.2 Å². The minimum Gasteiger partial charge on any atom is -0.391 e. The molecule has 194 valence electrons. The number of nitrogens with one attached hydrogen (secondary N) is 1. The van der Waals surface area contributed by atoms with E-state index in [2.05, 4.69) is 27.3 Å². The molecule has 2 fully saturated rings. The van der Waals surface area contributed by atoms with E-state index in [1.165, 1.54) is 4.40 Å². The van der Waals surface area contributed by atoms with Crippen LogP contribution in [0, 0.1) is 22.7 Å². The highest BCUT2D eigenvalue weighted by Crippen LogP contribution is 2.35. The van der Waals surface area contributed by atoms with E-state index in [0.717, 1.165) is 23.9 Å². The van der Waals surface area contributed by atoms with Gasteiger partial charge in [0.05, 0.1) is 41.1 Å². The Morgan fingerprint density at radius 1 is 1.16 bits per heavy atom. The smallest absolute Gasteiger partial charge is 0.267 e. The molecule has 1 saturated carbocycles. The van der Waals surface area contributed by atoms with Crippen molar-refractivity contribution in [1.29, 1.82) is 10.5 Å². The number of piperidine rings is 1. The summed E-state index contributed by atoms with van der Waals surface area (Å²) in [6.07, 6.45) is 6.94. The number of aliphatic hydroxyl groups excluding tert-OH is 1. The van der Waals surface area contributed by atoms with Crippen LogP contribution < -0.4 is 10.9 Å². The van der Waals surface area contributed by atoms with E-state index >= 15 is 0 Å². The summed E-state index contributed by atoms with van der Waals surface area (Å²) in [6.45, 7) is 1.76. The predicted molar refractivity (Wildman–Crippen MR) is 140 cm³/mol. The standard InChI is InChI=1S/C29H30N6O3/c30-17-20-8-11-32-26(15-20)29(19-31)9-13-34(14-10-29)18-21-16-22(28(38)35-12-4-3-6-24(21)35)27(37)33-23-5-1-2-7-25(23)36/h3-4,6,8,11-12,15-16,23,25,36H,1-2,5,7,9-10,13-14,18H2,(H,33,37). The van der Waals surface area contributed by atoms with Gasteiger partial charge in [-0.15, -0.1) is 0 Å². The number of rotatable bonds is 5. The van der Waals surface area contributed by atoms with Crippen molar-refractivity contribution in [3.8, 4) is 12.1 Å². The summed E-state index contributed by atoms with van der Waals surface area (Å²) in [5, 5.41) is 32.5. The summed E-state index contributed by atoms with van der Waals surface area (Å²) >= 11 is 0. The van der Waals surface area contributed by atoms with Gasteiger partial charge in [0.15, 0.2) is 0 Å². The molecule has 2 aliphatic rings. The Balaban J connectivity index is 1.39. The van der Waals surface area contributed by atoms with Gasteiger partial charge in [0.1, 0.15) is 11.0 Å². The monoisotopic (exact) mass is 510 g/mol. The number of carbonyl (C=O) groups is 1. The number of likely N-dealkylation sites (tertiary alicyclic amines) is 1. The third kappa shape index (κ3) is 4.91. The maximum absolute atomic E-state index is 13.2. The largest absolute Gasteiger partial charge is 0.391 e. The van der Waals surface area contributed by atoms with Gasteiger partial charge in [0.2, 0.25) is 0 Å². The number of amides is 1. The maximum Gasteiger partial charge on any atom is 0.267 e. The van der Waals surface area contributed by atoms with Gasteiger partial charge < -0.3 is 10.4 Å². The number of hydrogen-bond acceptors (Lipinski definition) is 7. The molecule has 1 saturated heterocycles. The van der Waals surface area contributed by atoms with Gasteiger partial charge in [-0.2, -0.15) is 10.5 Å². The Labute approximate surface area is 221 Å². The Kier molecular flexibility index (Phi) is 7.24. The van der Waals surface area contributed by atoms with Crippen molar-refractivity contribution in [1.82, 2.24) is 19.6 Å². The lowest BCUT2D eigenvalue weighted by molar-refractivity contribution is 0.0716. The lowest BCUT2D eigenvalue weighted by atomic mass is 9.76. The molecule has 0 bridgehead atoms. The molecule has 1 aliphatic heterocycles. The zero-order chi connectivity index (χ0) is 26.7. The number of aromatic nitrogens is 2. The van der Waals surface area contributed by atoms with Crippen LogP contribution in [0.25, 0.3) is 5.52 Å². The van der Waals surface area contributed by atoms with Crippen LogP contribution in [0.2, 0.25) is 0 Å². The summed E-state index contributed by atoms with van der Waals surface area (Å²) in [4.78, 5) is 33.0. The van der Waals surface area contributed by atoms with Crippen molar-refractivity contribution in [2.45, 2.75) is 62.6 Å². The predicted octanol–water partition coefficient (Wildman–Crippen LogP) is 2.66. The summed E-state index contributed by atoms with van der Waals surface area (Å²) in [6, 6.07) is 14.7. The van der Waals surface area contributed by atoms with E-state index in [1.807, 2.05) is 12.1 Å². The van der Waals surface area contributed by atoms with E-state index in [4.69, 9.17) is 0 Å². The molecule has 0 radical (unpaired) electrons. The Morgan fingerprint density at radius 2 is 1.95 bits per heavy atom. The molecule has 1 amide bonds. The molecule has 2 atom stereocenters. The Hall–Kier alpha value is -4.05. The van der Waals surface area contributed by atoms with Gasteiger partial charge in [-0.25, -0.2) is 0 Å². The molecule has 38 heavy (non-hydrogen) atoms. The third-order valence-electron chi connectivity index (χ3n) is 7.94. The van der Waals surface area contributed by atoms with Gasteiger partial charge >= 0.3 is 0 Å². The average Bonchev–Trinajstić information content (AvgIpc) is 2.96. The maximum atomic E-state index is 13.2. The first-order valence-electron chi connectivity index (χ1n) is 13.1. The van der Waals surface area contributed by atoms with Crippen molar-refractivity contribution >= 4 is 11.4 Å². The van der Waals surface area contributed by atoms with Gasteiger partial charge in [-0.05, 0) is 61.6 Å². The topological polar surface area (TPSA) is 135 Å². The first kappa shape index (κ1) is 25.6. The van der Waals surface area contributed by atoms with Crippen LogP contribution in [-0.4, -0.2) is 50.5 Å². The summed E-state index contributed by atoms with van der Waals surface area (Å²) < 4.78 is 1.50. The molecule has 0 aromatic carbocycles. The van der Waals surface area contributed by atoms with Crippen LogP contribution >= 0.6 is 0 Å². The van der Waals surface area contributed by atoms with Crippen LogP contribution in [0.1, 0.15) is 65.7 Å². The van der Waals surface area contributed by atoms with Crippen LogP contribution in [-0.2, 0) is 12.0 Å². The molecular weight excluding hydrogens is 480 g/mol. The Bertz CT molecular complexity index is 1490. The van der Waals surface area contributed by atoms with Crippen LogP contribution in [0.5, 0.6) is 0 Å². The number of nitriles is 2. The van der Waals surface area contributed by atoms with Crippen molar-refractivity contribution in [2.24, 2.45) is 0 Å². The van der Waals surface area contributed by atoms with Crippen molar-refractivity contribution in [3.63, 3.8) is 0 Å². The number of fused-ring (bicyclic) bond motifs is 1. The molecule has 4 heterocycles.